The first-order chi connectivity index (χ1) is 10.1. The van der Waals surface area contributed by atoms with Crippen molar-refractivity contribution in [2.24, 2.45) is 0 Å². The van der Waals surface area contributed by atoms with Gasteiger partial charge in [-0.15, -0.1) is 11.3 Å². The lowest BCUT2D eigenvalue weighted by Crippen LogP contribution is -2.37. The quantitative estimate of drug-likeness (QED) is 0.845. The van der Waals surface area contributed by atoms with Gasteiger partial charge in [0.2, 0.25) is 17.6 Å². The highest BCUT2D eigenvalue weighted by Crippen LogP contribution is 2.21. The van der Waals surface area contributed by atoms with Crippen LogP contribution in [0.2, 0.25) is 0 Å². The molecular weight excluding hydrogens is 290 g/mol. The molecule has 0 aliphatic heterocycles. The number of carbonyl (C=O) groups excluding carboxylic acids is 1. The van der Waals surface area contributed by atoms with Gasteiger partial charge in [-0.2, -0.15) is 4.98 Å². The standard InChI is InChI=1S/C14H19N3O3S/c1-10(9-18)17(2)13(19)7-3-6-12-15-14(16-20-12)11-5-4-8-21-11/h4-5,8,10,18H,3,6-7,9H2,1-2H3. The number of carbonyl (C=O) groups is 1. The topological polar surface area (TPSA) is 79.5 Å². The molecule has 1 N–H and O–H groups in total. The smallest absolute Gasteiger partial charge is 0.226 e. The number of aliphatic hydroxyl groups excluding tert-OH is 1. The summed E-state index contributed by atoms with van der Waals surface area (Å²) < 4.78 is 5.18. The fraction of sp³-hybridized carbons (Fsp3) is 0.500. The minimum atomic E-state index is -0.161. The molecule has 0 aliphatic rings. The summed E-state index contributed by atoms with van der Waals surface area (Å²) >= 11 is 1.56. The second-order valence-electron chi connectivity index (χ2n) is 4.88. The van der Waals surface area contributed by atoms with Crippen molar-refractivity contribution < 1.29 is 14.4 Å². The Hall–Kier alpha value is -1.73. The summed E-state index contributed by atoms with van der Waals surface area (Å²) in [5, 5.41) is 14.9. The third kappa shape index (κ3) is 4.12. The lowest BCUT2D eigenvalue weighted by Gasteiger charge is -2.22. The van der Waals surface area contributed by atoms with Crippen molar-refractivity contribution in [1.29, 1.82) is 0 Å². The largest absolute Gasteiger partial charge is 0.394 e. The fourth-order valence-corrected chi connectivity index (χ4v) is 2.45. The van der Waals surface area contributed by atoms with Gasteiger partial charge in [0.1, 0.15) is 0 Å². The van der Waals surface area contributed by atoms with Gasteiger partial charge in [0.15, 0.2) is 0 Å². The molecule has 1 unspecified atom stereocenters. The van der Waals surface area contributed by atoms with Gasteiger partial charge in [-0.05, 0) is 24.8 Å². The summed E-state index contributed by atoms with van der Waals surface area (Å²) in [5.41, 5.74) is 0. The highest BCUT2D eigenvalue weighted by atomic mass is 32.1. The van der Waals surface area contributed by atoms with Gasteiger partial charge in [-0.25, -0.2) is 0 Å². The molecule has 6 nitrogen and oxygen atoms in total. The van der Waals surface area contributed by atoms with Crippen LogP contribution in [0.3, 0.4) is 0 Å². The SMILES string of the molecule is CC(CO)N(C)C(=O)CCCc1nc(-c2cccs2)no1. The van der Waals surface area contributed by atoms with E-state index in [2.05, 4.69) is 10.1 Å². The Bertz CT molecular complexity index is 568. The van der Waals surface area contributed by atoms with Gasteiger partial charge in [0, 0.05) is 19.9 Å². The summed E-state index contributed by atoms with van der Waals surface area (Å²) in [6, 6.07) is 3.72. The summed E-state index contributed by atoms with van der Waals surface area (Å²) in [6.07, 6.45) is 1.62. The van der Waals surface area contributed by atoms with E-state index in [0.717, 1.165) is 4.88 Å². The normalized spacial score (nSPS) is 12.3. The second kappa shape index (κ2) is 7.33. The van der Waals surface area contributed by atoms with Crippen LogP contribution in [0, 0.1) is 0 Å². The highest BCUT2D eigenvalue weighted by molar-refractivity contribution is 7.13. The van der Waals surface area contributed by atoms with Gasteiger partial charge in [0.25, 0.3) is 0 Å². The number of rotatable bonds is 7. The molecule has 114 valence electrons. The molecular formula is C14H19N3O3S. The molecule has 0 spiro atoms. The molecule has 21 heavy (non-hydrogen) atoms. The van der Waals surface area contributed by atoms with Crippen molar-refractivity contribution >= 4 is 17.2 Å². The number of nitrogens with zero attached hydrogens (tertiary/aromatic N) is 3. The minimum absolute atomic E-state index is 0.00884. The lowest BCUT2D eigenvalue weighted by atomic mass is 10.2. The van der Waals surface area contributed by atoms with E-state index in [0.29, 0.717) is 31.0 Å². The molecule has 2 aromatic rings. The van der Waals surface area contributed by atoms with E-state index in [4.69, 9.17) is 9.63 Å². The van der Waals surface area contributed by atoms with Crippen molar-refractivity contribution in [3.8, 4) is 10.7 Å². The number of hydrogen-bond donors (Lipinski definition) is 1. The van der Waals surface area contributed by atoms with Crippen LogP contribution in [0.4, 0.5) is 0 Å². The minimum Gasteiger partial charge on any atom is -0.394 e. The zero-order chi connectivity index (χ0) is 15.2. The van der Waals surface area contributed by atoms with Crippen molar-refractivity contribution in [3.63, 3.8) is 0 Å². The number of thiophene rings is 1. The zero-order valence-electron chi connectivity index (χ0n) is 12.2. The van der Waals surface area contributed by atoms with Crippen LogP contribution >= 0.6 is 11.3 Å². The van der Waals surface area contributed by atoms with E-state index < -0.39 is 0 Å². The van der Waals surface area contributed by atoms with Crippen LogP contribution in [0.15, 0.2) is 22.0 Å². The number of aliphatic hydroxyl groups is 1. The van der Waals surface area contributed by atoms with Crippen molar-refractivity contribution in [2.45, 2.75) is 32.2 Å². The summed E-state index contributed by atoms with van der Waals surface area (Å²) in [4.78, 5) is 18.7. The molecule has 0 fully saturated rings. The van der Waals surface area contributed by atoms with Gasteiger partial charge >= 0.3 is 0 Å². The second-order valence-corrected chi connectivity index (χ2v) is 5.83. The molecule has 2 heterocycles. The van der Waals surface area contributed by atoms with E-state index in [1.54, 1.807) is 23.3 Å². The van der Waals surface area contributed by atoms with Crippen LogP contribution < -0.4 is 0 Å². The third-order valence-electron chi connectivity index (χ3n) is 3.31. The molecule has 2 aromatic heterocycles. The Balaban J connectivity index is 1.80. The third-order valence-corrected chi connectivity index (χ3v) is 4.18. The predicted octanol–water partition coefficient (Wildman–Crippen LogP) is 1.96. The number of aromatic nitrogens is 2. The van der Waals surface area contributed by atoms with Gasteiger partial charge in [0.05, 0.1) is 17.5 Å². The number of likely N-dealkylation sites (N-methyl/N-ethyl adjacent to an activating group) is 1. The molecule has 0 saturated carbocycles. The first-order valence-corrected chi connectivity index (χ1v) is 7.72. The first kappa shape index (κ1) is 15.7. The van der Waals surface area contributed by atoms with Crippen LogP contribution in [0.25, 0.3) is 10.7 Å². The Morgan fingerprint density at radius 1 is 1.57 bits per heavy atom. The van der Waals surface area contributed by atoms with Crippen LogP contribution in [0.5, 0.6) is 0 Å². The van der Waals surface area contributed by atoms with Crippen LogP contribution in [0.1, 0.15) is 25.7 Å². The summed E-state index contributed by atoms with van der Waals surface area (Å²) in [5.74, 6) is 1.15. The van der Waals surface area contributed by atoms with E-state index in [1.165, 1.54) is 0 Å². The van der Waals surface area contributed by atoms with Gasteiger partial charge < -0.3 is 14.5 Å². The molecule has 7 heteroatoms. The van der Waals surface area contributed by atoms with Crippen LogP contribution in [-0.4, -0.2) is 45.8 Å². The molecule has 1 atom stereocenters. The maximum absolute atomic E-state index is 11.9. The van der Waals surface area contributed by atoms with E-state index >= 15 is 0 Å². The Morgan fingerprint density at radius 2 is 2.38 bits per heavy atom. The van der Waals surface area contributed by atoms with Crippen molar-refractivity contribution in [2.75, 3.05) is 13.7 Å². The molecule has 0 aromatic carbocycles. The Labute approximate surface area is 127 Å². The van der Waals surface area contributed by atoms with E-state index in [-0.39, 0.29) is 18.6 Å². The monoisotopic (exact) mass is 309 g/mol. The average molecular weight is 309 g/mol. The molecule has 0 radical (unpaired) electrons. The van der Waals surface area contributed by atoms with Gasteiger partial charge in [-0.1, -0.05) is 11.2 Å². The molecule has 0 aliphatic carbocycles. The maximum atomic E-state index is 11.9. The molecule has 2 rings (SSSR count). The first-order valence-electron chi connectivity index (χ1n) is 6.84. The van der Waals surface area contributed by atoms with Crippen molar-refractivity contribution in [3.05, 3.63) is 23.4 Å². The number of aryl methyl sites for hydroxylation is 1. The van der Waals surface area contributed by atoms with E-state index in [1.807, 2.05) is 24.4 Å². The lowest BCUT2D eigenvalue weighted by molar-refractivity contribution is -0.132. The summed E-state index contributed by atoms with van der Waals surface area (Å²) in [6.45, 7) is 1.78. The Morgan fingerprint density at radius 3 is 3.05 bits per heavy atom. The summed E-state index contributed by atoms with van der Waals surface area (Å²) in [7, 11) is 1.70. The average Bonchev–Trinajstić information content (AvgIpc) is 3.16. The highest BCUT2D eigenvalue weighted by Gasteiger charge is 2.15. The Kier molecular flexibility index (Phi) is 5.46. The fourth-order valence-electron chi connectivity index (χ4n) is 1.80. The van der Waals surface area contributed by atoms with Crippen LogP contribution in [-0.2, 0) is 11.2 Å². The maximum Gasteiger partial charge on any atom is 0.226 e. The molecule has 0 bridgehead atoms. The number of amides is 1. The molecule has 0 saturated heterocycles. The zero-order valence-corrected chi connectivity index (χ0v) is 13.0. The number of hydrogen-bond acceptors (Lipinski definition) is 6. The van der Waals surface area contributed by atoms with Gasteiger partial charge in [-0.3, -0.25) is 4.79 Å². The predicted molar refractivity (Wildman–Crippen MR) is 79.9 cm³/mol. The molecule has 1 amide bonds. The van der Waals surface area contributed by atoms with Crippen molar-refractivity contribution in [1.82, 2.24) is 15.0 Å². The van der Waals surface area contributed by atoms with E-state index in [9.17, 15) is 4.79 Å².